The standard InChI is InChI=1S/C13H15F2N3/c1-8(2)16-7-10-6-13(18-17-10)9-3-4-11(14)12(15)5-9/h3-6,8,16H,7H2,1-2H3,(H,17,18). The molecule has 18 heavy (non-hydrogen) atoms. The van der Waals surface area contributed by atoms with Crippen molar-refractivity contribution in [3.8, 4) is 11.3 Å². The predicted molar refractivity (Wildman–Crippen MR) is 65.9 cm³/mol. The van der Waals surface area contributed by atoms with E-state index in [9.17, 15) is 8.78 Å². The third-order valence-corrected chi connectivity index (χ3v) is 2.55. The molecule has 0 saturated heterocycles. The molecular weight excluding hydrogens is 236 g/mol. The van der Waals surface area contributed by atoms with Crippen molar-refractivity contribution in [2.45, 2.75) is 26.4 Å². The van der Waals surface area contributed by atoms with E-state index < -0.39 is 11.6 Å². The van der Waals surface area contributed by atoms with Gasteiger partial charge in [0.1, 0.15) is 0 Å². The highest BCUT2D eigenvalue weighted by Crippen LogP contribution is 2.20. The maximum Gasteiger partial charge on any atom is 0.159 e. The Morgan fingerprint density at radius 2 is 2.00 bits per heavy atom. The minimum atomic E-state index is -0.864. The van der Waals surface area contributed by atoms with E-state index >= 15 is 0 Å². The molecule has 1 aromatic carbocycles. The van der Waals surface area contributed by atoms with E-state index in [4.69, 9.17) is 0 Å². The summed E-state index contributed by atoms with van der Waals surface area (Å²) < 4.78 is 25.9. The zero-order valence-corrected chi connectivity index (χ0v) is 10.3. The van der Waals surface area contributed by atoms with Gasteiger partial charge in [-0.25, -0.2) is 8.78 Å². The summed E-state index contributed by atoms with van der Waals surface area (Å²) in [6.45, 7) is 4.76. The summed E-state index contributed by atoms with van der Waals surface area (Å²) in [5.41, 5.74) is 2.07. The van der Waals surface area contributed by atoms with Crippen LogP contribution >= 0.6 is 0 Å². The van der Waals surface area contributed by atoms with Crippen LogP contribution in [0.4, 0.5) is 8.78 Å². The van der Waals surface area contributed by atoms with Crippen molar-refractivity contribution in [3.63, 3.8) is 0 Å². The zero-order chi connectivity index (χ0) is 13.1. The smallest absolute Gasteiger partial charge is 0.159 e. The fourth-order valence-electron chi connectivity index (χ4n) is 1.57. The normalized spacial score (nSPS) is 11.2. The summed E-state index contributed by atoms with van der Waals surface area (Å²) in [6, 6.07) is 5.95. The van der Waals surface area contributed by atoms with Crippen molar-refractivity contribution in [2.24, 2.45) is 0 Å². The number of hydrogen-bond donors (Lipinski definition) is 2. The molecule has 0 unspecified atom stereocenters. The quantitative estimate of drug-likeness (QED) is 0.877. The average molecular weight is 251 g/mol. The summed E-state index contributed by atoms with van der Waals surface area (Å²) in [6.07, 6.45) is 0. The minimum absolute atomic E-state index is 0.375. The van der Waals surface area contributed by atoms with Crippen molar-refractivity contribution in [3.05, 3.63) is 41.6 Å². The Balaban J connectivity index is 2.16. The van der Waals surface area contributed by atoms with Crippen LogP contribution in [0, 0.1) is 11.6 Å². The van der Waals surface area contributed by atoms with Gasteiger partial charge < -0.3 is 5.32 Å². The molecule has 1 aromatic heterocycles. The number of aromatic nitrogens is 2. The molecule has 0 amide bonds. The van der Waals surface area contributed by atoms with E-state index in [0.29, 0.717) is 23.8 Å². The van der Waals surface area contributed by atoms with Crippen molar-refractivity contribution >= 4 is 0 Å². The lowest BCUT2D eigenvalue weighted by Gasteiger charge is -2.04. The van der Waals surface area contributed by atoms with Crippen LogP contribution in [0.1, 0.15) is 19.5 Å². The molecule has 2 aromatic rings. The first kappa shape index (κ1) is 12.7. The second-order valence-corrected chi connectivity index (χ2v) is 4.44. The summed E-state index contributed by atoms with van der Waals surface area (Å²) in [7, 11) is 0. The molecule has 2 rings (SSSR count). The molecule has 0 aliphatic rings. The van der Waals surface area contributed by atoms with Crippen LogP contribution in [0.3, 0.4) is 0 Å². The minimum Gasteiger partial charge on any atom is -0.309 e. The highest BCUT2D eigenvalue weighted by molar-refractivity contribution is 5.59. The summed E-state index contributed by atoms with van der Waals surface area (Å²) in [5.74, 6) is -1.71. The van der Waals surface area contributed by atoms with E-state index in [0.717, 1.165) is 17.8 Å². The molecular formula is C13H15F2N3. The number of rotatable bonds is 4. The molecule has 0 spiro atoms. The van der Waals surface area contributed by atoms with Crippen LogP contribution in [-0.2, 0) is 6.54 Å². The average Bonchev–Trinajstić information content (AvgIpc) is 2.79. The molecule has 96 valence electrons. The van der Waals surface area contributed by atoms with Crippen LogP contribution < -0.4 is 5.32 Å². The number of hydrogen-bond acceptors (Lipinski definition) is 2. The number of nitrogens with one attached hydrogen (secondary N) is 2. The first-order valence-electron chi connectivity index (χ1n) is 5.79. The Labute approximate surface area is 104 Å². The first-order chi connectivity index (χ1) is 8.56. The van der Waals surface area contributed by atoms with Gasteiger partial charge in [0.2, 0.25) is 0 Å². The van der Waals surface area contributed by atoms with Gasteiger partial charge in [-0.05, 0) is 24.3 Å². The maximum atomic E-state index is 13.1. The molecule has 0 fully saturated rings. The van der Waals surface area contributed by atoms with E-state index in [-0.39, 0.29) is 0 Å². The summed E-state index contributed by atoms with van der Waals surface area (Å²) in [4.78, 5) is 0. The Hall–Kier alpha value is -1.75. The maximum absolute atomic E-state index is 13.1. The summed E-state index contributed by atoms with van der Waals surface area (Å²) >= 11 is 0. The number of halogens is 2. The van der Waals surface area contributed by atoms with Crippen molar-refractivity contribution < 1.29 is 8.78 Å². The van der Waals surface area contributed by atoms with Crippen molar-refractivity contribution in [1.29, 1.82) is 0 Å². The molecule has 5 heteroatoms. The van der Waals surface area contributed by atoms with Gasteiger partial charge in [0.15, 0.2) is 11.6 Å². The number of benzene rings is 1. The fraction of sp³-hybridized carbons (Fsp3) is 0.308. The highest BCUT2D eigenvalue weighted by atomic mass is 19.2. The van der Waals surface area contributed by atoms with Gasteiger partial charge in [0, 0.05) is 23.8 Å². The van der Waals surface area contributed by atoms with Crippen LogP contribution in [0.25, 0.3) is 11.3 Å². The Bertz CT molecular complexity index is 535. The second kappa shape index (κ2) is 5.27. The number of nitrogens with zero attached hydrogens (tertiary/aromatic N) is 1. The van der Waals surface area contributed by atoms with Gasteiger partial charge in [-0.2, -0.15) is 5.10 Å². The molecule has 0 aliphatic carbocycles. The lowest BCUT2D eigenvalue weighted by atomic mass is 10.1. The highest BCUT2D eigenvalue weighted by Gasteiger charge is 2.08. The van der Waals surface area contributed by atoms with Crippen molar-refractivity contribution in [1.82, 2.24) is 15.5 Å². The predicted octanol–water partition coefficient (Wildman–Crippen LogP) is 2.85. The second-order valence-electron chi connectivity index (χ2n) is 4.44. The lowest BCUT2D eigenvalue weighted by molar-refractivity contribution is 0.509. The zero-order valence-electron chi connectivity index (χ0n) is 10.3. The van der Waals surface area contributed by atoms with E-state index in [1.165, 1.54) is 6.07 Å². The molecule has 0 radical (unpaired) electrons. The number of H-pyrrole nitrogens is 1. The third-order valence-electron chi connectivity index (χ3n) is 2.55. The monoisotopic (exact) mass is 251 g/mol. The molecule has 3 nitrogen and oxygen atoms in total. The number of aromatic amines is 1. The molecule has 2 N–H and O–H groups in total. The van der Waals surface area contributed by atoms with E-state index in [1.54, 1.807) is 0 Å². The van der Waals surface area contributed by atoms with Gasteiger partial charge in [-0.15, -0.1) is 0 Å². The Morgan fingerprint density at radius 3 is 2.67 bits per heavy atom. The largest absolute Gasteiger partial charge is 0.309 e. The Kier molecular flexibility index (Phi) is 3.72. The van der Waals surface area contributed by atoms with Crippen LogP contribution in [0.2, 0.25) is 0 Å². The molecule has 0 bridgehead atoms. The third kappa shape index (κ3) is 2.92. The van der Waals surface area contributed by atoms with Gasteiger partial charge in [0.25, 0.3) is 0 Å². The summed E-state index contributed by atoms with van der Waals surface area (Å²) in [5, 5.41) is 10.2. The van der Waals surface area contributed by atoms with Gasteiger partial charge >= 0.3 is 0 Å². The van der Waals surface area contributed by atoms with E-state index in [2.05, 4.69) is 15.5 Å². The molecule has 0 saturated carbocycles. The van der Waals surface area contributed by atoms with Crippen LogP contribution in [0.15, 0.2) is 24.3 Å². The van der Waals surface area contributed by atoms with Crippen LogP contribution in [-0.4, -0.2) is 16.2 Å². The SMILES string of the molecule is CC(C)NCc1cc(-c2ccc(F)c(F)c2)n[nH]1. The first-order valence-corrected chi connectivity index (χ1v) is 5.79. The molecule has 1 heterocycles. The Morgan fingerprint density at radius 1 is 1.22 bits per heavy atom. The van der Waals surface area contributed by atoms with Gasteiger partial charge in [-0.3, -0.25) is 5.10 Å². The molecule has 0 atom stereocenters. The van der Waals surface area contributed by atoms with E-state index in [1.807, 2.05) is 19.9 Å². The molecule has 0 aliphatic heterocycles. The van der Waals surface area contributed by atoms with Crippen LogP contribution in [0.5, 0.6) is 0 Å². The van der Waals surface area contributed by atoms with Gasteiger partial charge in [0.05, 0.1) is 5.69 Å². The fourth-order valence-corrected chi connectivity index (χ4v) is 1.57. The topological polar surface area (TPSA) is 40.7 Å². The lowest BCUT2D eigenvalue weighted by Crippen LogP contribution is -2.21. The van der Waals surface area contributed by atoms with Gasteiger partial charge in [-0.1, -0.05) is 13.8 Å². The van der Waals surface area contributed by atoms with Crippen molar-refractivity contribution in [2.75, 3.05) is 0 Å².